The molecule has 1 amide bonds. The van der Waals surface area contributed by atoms with E-state index in [2.05, 4.69) is 5.32 Å². The SMILES string of the molecule is Cc1cc(C)c(NC(=O)COC(=O)C2CCCN(S(=O)(=O)c3ccc(F)cc3)C2)c(Cl)c1. The molecule has 32 heavy (non-hydrogen) atoms. The molecule has 1 saturated heterocycles. The third-order valence-electron chi connectivity index (χ3n) is 5.21. The number of halogens is 2. The molecule has 3 rings (SSSR count). The third kappa shape index (κ3) is 5.65. The van der Waals surface area contributed by atoms with Gasteiger partial charge in [0.25, 0.3) is 5.91 Å². The van der Waals surface area contributed by atoms with Gasteiger partial charge in [0.15, 0.2) is 6.61 Å². The first kappa shape index (κ1) is 24.2. The molecule has 0 spiro atoms. The quantitative estimate of drug-likeness (QED) is 0.634. The van der Waals surface area contributed by atoms with E-state index in [1.807, 2.05) is 13.0 Å². The van der Waals surface area contributed by atoms with Crippen molar-refractivity contribution in [1.82, 2.24) is 4.31 Å². The van der Waals surface area contributed by atoms with Gasteiger partial charge in [-0.25, -0.2) is 12.8 Å². The number of carbonyl (C=O) groups is 2. The predicted molar refractivity (Wildman–Crippen MR) is 118 cm³/mol. The third-order valence-corrected chi connectivity index (χ3v) is 7.39. The molecule has 0 bridgehead atoms. The molecule has 1 aliphatic rings. The smallest absolute Gasteiger partial charge is 0.310 e. The molecule has 1 aliphatic heterocycles. The number of nitrogens with one attached hydrogen (secondary N) is 1. The highest BCUT2D eigenvalue weighted by Gasteiger charge is 2.34. The molecule has 1 heterocycles. The van der Waals surface area contributed by atoms with Gasteiger partial charge in [-0.05, 0) is 68.1 Å². The predicted octanol–water partition coefficient (Wildman–Crippen LogP) is 3.68. The maximum absolute atomic E-state index is 13.1. The number of benzene rings is 2. The van der Waals surface area contributed by atoms with Crippen molar-refractivity contribution in [2.45, 2.75) is 31.6 Å². The molecule has 0 aliphatic carbocycles. The summed E-state index contributed by atoms with van der Waals surface area (Å²) in [6.45, 7) is 3.36. The number of ether oxygens (including phenoxy) is 1. The van der Waals surface area contributed by atoms with Crippen LogP contribution < -0.4 is 5.32 Å². The standard InChI is InChI=1S/C22H24ClFN2O5S/c1-14-10-15(2)21(19(23)11-14)25-20(27)13-31-22(28)16-4-3-9-26(12-16)32(29,30)18-7-5-17(24)6-8-18/h5-8,10-11,16H,3-4,9,12-13H2,1-2H3,(H,25,27). The molecule has 172 valence electrons. The van der Waals surface area contributed by atoms with Crippen LogP contribution in [0, 0.1) is 25.6 Å². The van der Waals surface area contributed by atoms with Crippen molar-refractivity contribution in [1.29, 1.82) is 0 Å². The molecule has 10 heteroatoms. The summed E-state index contributed by atoms with van der Waals surface area (Å²) in [6, 6.07) is 8.11. The van der Waals surface area contributed by atoms with Crippen LogP contribution in [0.15, 0.2) is 41.3 Å². The van der Waals surface area contributed by atoms with E-state index in [1.54, 1.807) is 13.0 Å². The Balaban J connectivity index is 1.58. The second-order valence-corrected chi connectivity index (χ2v) is 10.1. The number of aryl methyl sites for hydroxylation is 2. The van der Waals surface area contributed by atoms with Gasteiger partial charge in [0, 0.05) is 13.1 Å². The number of piperidine rings is 1. The topological polar surface area (TPSA) is 92.8 Å². The van der Waals surface area contributed by atoms with Crippen LogP contribution in [0.5, 0.6) is 0 Å². The maximum Gasteiger partial charge on any atom is 0.310 e. The van der Waals surface area contributed by atoms with E-state index in [1.165, 1.54) is 16.4 Å². The highest BCUT2D eigenvalue weighted by molar-refractivity contribution is 7.89. The van der Waals surface area contributed by atoms with Gasteiger partial charge in [-0.15, -0.1) is 0 Å². The molecule has 0 radical (unpaired) electrons. The summed E-state index contributed by atoms with van der Waals surface area (Å²) >= 11 is 6.18. The minimum atomic E-state index is -3.87. The molecule has 1 atom stereocenters. The van der Waals surface area contributed by atoms with Gasteiger partial charge in [0.05, 0.1) is 21.5 Å². The zero-order valence-electron chi connectivity index (χ0n) is 17.7. The van der Waals surface area contributed by atoms with Crippen LogP contribution in [0.1, 0.15) is 24.0 Å². The number of amides is 1. The van der Waals surface area contributed by atoms with Crippen molar-refractivity contribution in [3.63, 3.8) is 0 Å². The van der Waals surface area contributed by atoms with Gasteiger partial charge in [0.1, 0.15) is 5.82 Å². The van der Waals surface area contributed by atoms with Crippen molar-refractivity contribution in [3.8, 4) is 0 Å². The highest BCUT2D eigenvalue weighted by Crippen LogP contribution is 2.28. The summed E-state index contributed by atoms with van der Waals surface area (Å²) in [7, 11) is -3.87. The Kier molecular flexibility index (Phi) is 7.53. The highest BCUT2D eigenvalue weighted by atomic mass is 35.5. The van der Waals surface area contributed by atoms with Crippen molar-refractivity contribution < 1.29 is 27.1 Å². The van der Waals surface area contributed by atoms with Crippen LogP contribution in [0.3, 0.4) is 0 Å². The monoisotopic (exact) mass is 482 g/mol. The molecular weight excluding hydrogens is 459 g/mol. The Bertz CT molecular complexity index is 1100. The Morgan fingerprint density at radius 1 is 1.22 bits per heavy atom. The number of nitrogens with zero attached hydrogens (tertiary/aromatic N) is 1. The first-order valence-electron chi connectivity index (χ1n) is 10.1. The van der Waals surface area contributed by atoms with E-state index in [9.17, 15) is 22.4 Å². The number of sulfonamides is 1. The molecule has 2 aromatic carbocycles. The summed E-state index contributed by atoms with van der Waals surface area (Å²) in [5, 5.41) is 3.02. The van der Waals surface area contributed by atoms with Gasteiger partial charge in [-0.1, -0.05) is 17.7 Å². The molecule has 1 unspecified atom stereocenters. The Labute approximate surface area is 191 Å². The lowest BCUT2D eigenvalue weighted by Gasteiger charge is -2.30. The second-order valence-electron chi connectivity index (χ2n) is 7.75. The Morgan fingerprint density at radius 2 is 1.91 bits per heavy atom. The number of hydrogen-bond acceptors (Lipinski definition) is 5. The first-order chi connectivity index (χ1) is 15.1. The van der Waals surface area contributed by atoms with Crippen LogP contribution in [0.4, 0.5) is 10.1 Å². The van der Waals surface area contributed by atoms with E-state index in [0.29, 0.717) is 23.6 Å². The number of rotatable bonds is 6. The van der Waals surface area contributed by atoms with Crippen molar-refractivity contribution in [2.75, 3.05) is 25.0 Å². The van der Waals surface area contributed by atoms with E-state index < -0.39 is 40.2 Å². The fraction of sp³-hybridized carbons (Fsp3) is 0.364. The zero-order valence-corrected chi connectivity index (χ0v) is 19.3. The summed E-state index contributed by atoms with van der Waals surface area (Å²) < 4.78 is 45.0. The first-order valence-corrected chi connectivity index (χ1v) is 11.9. The van der Waals surface area contributed by atoms with Gasteiger partial charge < -0.3 is 10.1 Å². The number of anilines is 1. The second kappa shape index (κ2) is 9.97. The lowest BCUT2D eigenvalue weighted by Crippen LogP contribution is -2.43. The average molecular weight is 483 g/mol. The summed E-state index contributed by atoms with van der Waals surface area (Å²) in [4.78, 5) is 24.7. The molecule has 1 fully saturated rings. The molecule has 0 saturated carbocycles. The molecular formula is C22H24ClFN2O5S. The van der Waals surface area contributed by atoms with Crippen LogP contribution >= 0.6 is 11.6 Å². The van der Waals surface area contributed by atoms with Crippen molar-refractivity contribution in [3.05, 3.63) is 58.4 Å². The molecule has 2 aromatic rings. The van der Waals surface area contributed by atoms with Crippen LogP contribution in [-0.4, -0.2) is 44.3 Å². The normalized spacial score (nSPS) is 17.1. The fourth-order valence-electron chi connectivity index (χ4n) is 3.61. The van der Waals surface area contributed by atoms with Gasteiger partial charge in [0.2, 0.25) is 10.0 Å². The Hall–Kier alpha value is -2.49. The number of hydrogen-bond donors (Lipinski definition) is 1. The van der Waals surface area contributed by atoms with E-state index >= 15 is 0 Å². The van der Waals surface area contributed by atoms with Crippen molar-refractivity contribution in [2.24, 2.45) is 5.92 Å². The average Bonchev–Trinajstić information content (AvgIpc) is 2.75. The summed E-state index contributed by atoms with van der Waals surface area (Å²) in [5.74, 6) is -2.43. The fourth-order valence-corrected chi connectivity index (χ4v) is 5.51. The summed E-state index contributed by atoms with van der Waals surface area (Å²) in [5.41, 5.74) is 2.19. The molecule has 0 aromatic heterocycles. The maximum atomic E-state index is 13.1. The minimum absolute atomic E-state index is 0.0439. The van der Waals surface area contributed by atoms with Gasteiger partial charge >= 0.3 is 5.97 Å². The number of carbonyl (C=O) groups excluding carboxylic acids is 2. The van der Waals surface area contributed by atoms with E-state index in [0.717, 1.165) is 23.3 Å². The zero-order chi connectivity index (χ0) is 23.5. The molecule has 1 N–H and O–H groups in total. The lowest BCUT2D eigenvalue weighted by atomic mass is 10.00. The minimum Gasteiger partial charge on any atom is -0.455 e. The van der Waals surface area contributed by atoms with E-state index in [4.69, 9.17) is 16.3 Å². The van der Waals surface area contributed by atoms with E-state index in [-0.39, 0.29) is 18.0 Å². The van der Waals surface area contributed by atoms with Crippen LogP contribution in [0.2, 0.25) is 5.02 Å². The van der Waals surface area contributed by atoms with Crippen LogP contribution in [0.25, 0.3) is 0 Å². The van der Waals surface area contributed by atoms with Crippen molar-refractivity contribution >= 4 is 39.2 Å². The molecule has 7 nitrogen and oxygen atoms in total. The Morgan fingerprint density at radius 3 is 2.56 bits per heavy atom. The lowest BCUT2D eigenvalue weighted by molar-refractivity contribution is -0.152. The summed E-state index contributed by atoms with van der Waals surface area (Å²) in [6.07, 6.45) is 0.906. The van der Waals surface area contributed by atoms with Gasteiger partial charge in [-0.2, -0.15) is 4.31 Å². The van der Waals surface area contributed by atoms with Gasteiger partial charge in [-0.3, -0.25) is 9.59 Å². The largest absolute Gasteiger partial charge is 0.455 e. The van der Waals surface area contributed by atoms with Crippen LogP contribution in [-0.2, 0) is 24.3 Å². The number of esters is 1.